The number of hydrogen-bond acceptors (Lipinski definition) is 4. The Balaban J connectivity index is 3.88. The third-order valence-electron chi connectivity index (χ3n) is 1.82. The quantitative estimate of drug-likeness (QED) is 0.630. The summed E-state index contributed by atoms with van der Waals surface area (Å²) in [7, 11) is 0. The SMILES string of the molecule is CCCNC(CCSC)C(=O)OCC. The van der Waals surface area contributed by atoms with E-state index >= 15 is 0 Å². The summed E-state index contributed by atoms with van der Waals surface area (Å²) >= 11 is 1.75. The summed E-state index contributed by atoms with van der Waals surface area (Å²) < 4.78 is 4.99. The molecule has 0 radical (unpaired) electrons. The molecule has 0 aliphatic rings. The predicted octanol–water partition coefficient (Wildman–Crippen LogP) is 1.67. The zero-order chi connectivity index (χ0) is 10.8. The number of ether oxygens (including phenoxy) is 1. The van der Waals surface area contributed by atoms with Crippen molar-refractivity contribution in [1.29, 1.82) is 0 Å². The lowest BCUT2D eigenvalue weighted by Gasteiger charge is -2.16. The summed E-state index contributed by atoms with van der Waals surface area (Å²) in [5.74, 6) is 0.871. The highest BCUT2D eigenvalue weighted by atomic mass is 32.2. The largest absolute Gasteiger partial charge is 0.465 e. The number of rotatable bonds is 8. The number of hydrogen-bond donors (Lipinski definition) is 1. The molecule has 0 aliphatic carbocycles. The zero-order valence-electron chi connectivity index (χ0n) is 9.34. The van der Waals surface area contributed by atoms with E-state index < -0.39 is 0 Å². The second kappa shape index (κ2) is 9.34. The summed E-state index contributed by atoms with van der Waals surface area (Å²) in [4.78, 5) is 11.5. The highest BCUT2D eigenvalue weighted by Gasteiger charge is 2.17. The Morgan fingerprint density at radius 2 is 2.21 bits per heavy atom. The van der Waals surface area contributed by atoms with Crippen LogP contribution >= 0.6 is 11.8 Å². The normalized spacial score (nSPS) is 12.5. The molecule has 1 atom stereocenters. The monoisotopic (exact) mass is 219 g/mol. The van der Waals surface area contributed by atoms with Gasteiger partial charge in [-0.1, -0.05) is 6.92 Å². The van der Waals surface area contributed by atoms with Gasteiger partial charge >= 0.3 is 5.97 Å². The molecule has 0 aromatic heterocycles. The van der Waals surface area contributed by atoms with Crippen LogP contribution in [0.15, 0.2) is 0 Å². The Morgan fingerprint density at radius 3 is 2.71 bits per heavy atom. The molecule has 0 aliphatic heterocycles. The van der Waals surface area contributed by atoms with Crippen molar-refractivity contribution in [2.24, 2.45) is 0 Å². The van der Waals surface area contributed by atoms with Crippen LogP contribution in [0.5, 0.6) is 0 Å². The second-order valence-corrected chi connectivity index (χ2v) is 4.03. The van der Waals surface area contributed by atoms with Crippen molar-refractivity contribution in [3.63, 3.8) is 0 Å². The third-order valence-corrected chi connectivity index (χ3v) is 2.47. The summed E-state index contributed by atoms with van der Waals surface area (Å²) in [6.07, 6.45) is 3.93. The molecule has 0 saturated heterocycles. The van der Waals surface area contributed by atoms with Crippen LogP contribution in [0.3, 0.4) is 0 Å². The molecule has 1 unspecified atom stereocenters. The van der Waals surface area contributed by atoms with Crippen LogP contribution in [0.4, 0.5) is 0 Å². The topological polar surface area (TPSA) is 38.3 Å². The van der Waals surface area contributed by atoms with Gasteiger partial charge < -0.3 is 10.1 Å². The van der Waals surface area contributed by atoms with E-state index in [0.717, 1.165) is 25.1 Å². The number of thioether (sulfide) groups is 1. The molecule has 0 heterocycles. The van der Waals surface area contributed by atoms with Crippen LogP contribution in [0.2, 0.25) is 0 Å². The van der Waals surface area contributed by atoms with Crippen molar-refractivity contribution in [3.05, 3.63) is 0 Å². The van der Waals surface area contributed by atoms with Crippen molar-refractivity contribution in [2.75, 3.05) is 25.2 Å². The molecule has 0 fully saturated rings. The average Bonchev–Trinajstić information content (AvgIpc) is 2.18. The van der Waals surface area contributed by atoms with E-state index in [1.165, 1.54) is 0 Å². The van der Waals surface area contributed by atoms with Gasteiger partial charge in [-0.15, -0.1) is 0 Å². The molecule has 0 amide bonds. The van der Waals surface area contributed by atoms with Gasteiger partial charge in [-0.3, -0.25) is 4.79 Å². The van der Waals surface area contributed by atoms with Crippen LogP contribution in [0, 0.1) is 0 Å². The first-order valence-corrected chi connectivity index (χ1v) is 6.54. The Bertz CT molecular complexity index is 145. The minimum absolute atomic E-state index is 0.116. The van der Waals surface area contributed by atoms with Gasteiger partial charge in [0.25, 0.3) is 0 Å². The van der Waals surface area contributed by atoms with E-state index in [9.17, 15) is 4.79 Å². The lowest BCUT2D eigenvalue weighted by molar-refractivity contribution is -0.145. The van der Waals surface area contributed by atoms with Crippen molar-refractivity contribution < 1.29 is 9.53 Å². The molecular formula is C10H21NO2S. The lowest BCUT2D eigenvalue weighted by atomic mass is 10.2. The lowest BCUT2D eigenvalue weighted by Crippen LogP contribution is -2.39. The van der Waals surface area contributed by atoms with Crippen LogP contribution in [-0.4, -0.2) is 37.2 Å². The summed E-state index contributed by atoms with van der Waals surface area (Å²) in [6.45, 7) is 5.26. The highest BCUT2D eigenvalue weighted by Crippen LogP contribution is 2.02. The second-order valence-electron chi connectivity index (χ2n) is 3.04. The first-order chi connectivity index (χ1) is 6.76. The van der Waals surface area contributed by atoms with E-state index in [2.05, 4.69) is 12.2 Å². The maximum absolute atomic E-state index is 11.5. The summed E-state index contributed by atoms with van der Waals surface area (Å²) in [5.41, 5.74) is 0. The van der Waals surface area contributed by atoms with Gasteiger partial charge in [0.1, 0.15) is 6.04 Å². The molecule has 84 valence electrons. The maximum Gasteiger partial charge on any atom is 0.323 e. The highest BCUT2D eigenvalue weighted by molar-refractivity contribution is 7.98. The van der Waals surface area contributed by atoms with Gasteiger partial charge in [0, 0.05) is 0 Å². The van der Waals surface area contributed by atoms with Gasteiger partial charge in [0.15, 0.2) is 0 Å². The number of carbonyl (C=O) groups is 1. The fraction of sp³-hybridized carbons (Fsp3) is 0.900. The maximum atomic E-state index is 11.5. The number of esters is 1. The van der Waals surface area contributed by atoms with Crippen LogP contribution in [0.25, 0.3) is 0 Å². The number of carbonyl (C=O) groups excluding carboxylic acids is 1. The van der Waals surface area contributed by atoms with E-state index in [-0.39, 0.29) is 12.0 Å². The Kier molecular flexibility index (Phi) is 9.19. The van der Waals surface area contributed by atoms with Crippen LogP contribution in [0.1, 0.15) is 26.7 Å². The molecule has 3 nitrogen and oxygen atoms in total. The summed E-state index contributed by atoms with van der Waals surface area (Å²) in [5, 5.41) is 3.20. The molecule has 0 aromatic rings. The Labute approximate surface area is 91.0 Å². The first kappa shape index (κ1) is 13.8. The first-order valence-electron chi connectivity index (χ1n) is 5.15. The molecule has 0 aromatic carbocycles. The van der Waals surface area contributed by atoms with E-state index in [1.54, 1.807) is 11.8 Å². The Hall–Kier alpha value is -0.220. The van der Waals surface area contributed by atoms with Crippen molar-refractivity contribution in [3.8, 4) is 0 Å². The fourth-order valence-electron chi connectivity index (χ4n) is 1.10. The third kappa shape index (κ3) is 6.27. The van der Waals surface area contributed by atoms with Crippen molar-refractivity contribution in [1.82, 2.24) is 5.32 Å². The summed E-state index contributed by atoms with van der Waals surface area (Å²) in [6, 6.07) is -0.123. The predicted molar refractivity (Wildman–Crippen MR) is 61.7 cm³/mol. The molecule has 0 rings (SSSR count). The molecule has 0 saturated carbocycles. The molecule has 0 spiro atoms. The van der Waals surface area contributed by atoms with Gasteiger partial charge in [-0.2, -0.15) is 11.8 Å². The van der Waals surface area contributed by atoms with Crippen molar-refractivity contribution in [2.45, 2.75) is 32.7 Å². The molecular weight excluding hydrogens is 198 g/mol. The molecule has 0 bridgehead atoms. The average molecular weight is 219 g/mol. The van der Waals surface area contributed by atoms with Crippen LogP contribution < -0.4 is 5.32 Å². The van der Waals surface area contributed by atoms with Gasteiger partial charge in [-0.05, 0) is 38.3 Å². The Morgan fingerprint density at radius 1 is 1.50 bits per heavy atom. The zero-order valence-corrected chi connectivity index (χ0v) is 10.2. The van der Waals surface area contributed by atoms with E-state index in [1.807, 2.05) is 13.2 Å². The van der Waals surface area contributed by atoms with Gasteiger partial charge in [-0.25, -0.2) is 0 Å². The number of nitrogens with one attached hydrogen (secondary N) is 1. The minimum Gasteiger partial charge on any atom is -0.465 e. The van der Waals surface area contributed by atoms with Gasteiger partial charge in [0.05, 0.1) is 6.61 Å². The molecule has 1 N–H and O–H groups in total. The van der Waals surface area contributed by atoms with E-state index in [4.69, 9.17) is 4.74 Å². The standard InChI is InChI=1S/C10H21NO2S/c1-4-7-11-9(6-8-14-3)10(12)13-5-2/h9,11H,4-8H2,1-3H3. The molecule has 4 heteroatoms. The smallest absolute Gasteiger partial charge is 0.323 e. The van der Waals surface area contributed by atoms with Crippen molar-refractivity contribution >= 4 is 17.7 Å². The van der Waals surface area contributed by atoms with Gasteiger partial charge in [0.2, 0.25) is 0 Å². The van der Waals surface area contributed by atoms with Crippen LogP contribution in [-0.2, 0) is 9.53 Å². The molecule has 14 heavy (non-hydrogen) atoms. The minimum atomic E-state index is -0.123. The fourth-order valence-corrected chi connectivity index (χ4v) is 1.57. The van der Waals surface area contributed by atoms with E-state index in [0.29, 0.717) is 6.61 Å².